The van der Waals surface area contributed by atoms with Crippen molar-refractivity contribution in [2.75, 3.05) is 14.2 Å². The number of methoxy groups -OCH3 is 2. The zero-order valence-electron chi connectivity index (χ0n) is 12.2. The normalized spacial score (nSPS) is 10.9. The SMILES string of the molecule is CCCCCc1oc2cc(OC)cc(OC)c2c1C. The lowest BCUT2D eigenvalue weighted by atomic mass is 10.1. The van der Waals surface area contributed by atoms with Crippen LogP contribution >= 0.6 is 0 Å². The average molecular weight is 262 g/mol. The molecule has 0 aliphatic carbocycles. The van der Waals surface area contributed by atoms with Gasteiger partial charge in [-0.2, -0.15) is 0 Å². The summed E-state index contributed by atoms with van der Waals surface area (Å²) in [6, 6.07) is 3.83. The maximum Gasteiger partial charge on any atom is 0.141 e. The van der Waals surface area contributed by atoms with Crippen molar-refractivity contribution in [1.82, 2.24) is 0 Å². The van der Waals surface area contributed by atoms with Crippen LogP contribution in [0.3, 0.4) is 0 Å². The van der Waals surface area contributed by atoms with Crippen LogP contribution in [0.1, 0.15) is 37.5 Å². The van der Waals surface area contributed by atoms with E-state index >= 15 is 0 Å². The van der Waals surface area contributed by atoms with Crippen LogP contribution in [0.25, 0.3) is 11.0 Å². The van der Waals surface area contributed by atoms with Crippen LogP contribution in [0.2, 0.25) is 0 Å². The molecular weight excluding hydrogens is 240 g/mol. The van der Waals surface area contributed by atoms with Crippen LogP contribution < -0.4 is 9.47 Å². The Morgan fingerprint density at radius 1 is 1.11 bits per heavy atom. The van der Waals surface area contributed by atoms with Gasteiger partial charge in [0.05, 0.1) is 19.6 Å². The maximum absolute atomic E-state index is 5.97. The standard InChI is InChI=1S/C16H22O3/c1-5-6-7-8-13-11(2)16-14(18-4)9-12(17-3)10-15(16)19-13/h9-10H,5-8H2,1-4H3. The van der Waals surface area contributed by atoms with Crippen molar-refractivity contribution in [3.05, 3.63) is 23.5 Å². The van der Waals surface area contributed by atoms with Gasteiger partial charge in [-0.05, 0) is 13.3 Å². The first kappa shape index (κ1) is 13.8. The number of furan rings is 1. The van der Waals surface area contributed by atoms with Gasteiger partial charge in [0.1, 0.15) is 22.8 Å². The minimum Gasteiger partial charge on any atom is -0.496 e. The fraction of sp³-hybridized carbons (Fsp3) is 0.500. The summed E-state index contributed by atoms with van der Waals surface area (Å²) in [5.74, 6) is 2.64. The van der Waals surface area contributed by atoms with Gasteiger partial charge in [-0.25, -0.2) is 0 Å². The molecule has 0 atom stereocenters. The molecule has 1 heterocycles. The third kappa shape index (κ3) is 2.70. The zero-order valence-corrected chi connectivity index (χ0v) is 12.2. The first-order valence-electron chi connectivity index (χ1n) is 6.85. The third-order valence-electron chi connectivity index (χ3n) is 3.53. The van der Waals surface area contributed by atoms with Gasteiger partial charge in [0, 0.05) is 24.1 Å². The largest absolute Gasteiger partial charge is 0.496 e. The molecule has 19 heavy (non-hydrogen) atoms. The van der Waals surface area contributed by atoms with Crippen LogP contribution in [-0.2, 0) is 6.42 Å². The Hall–Kier alpha value is -1.64. The molecule has 2 rings (SSSR count). The Bertz CT molecular complexity index is 555. The van der Waals surface area contributed by atoms with Gasteiger partial charge in [0.2, 0.25) is 0 Å². The molecule has 1 aromatic carbocycles. The Morgan fingerprint density at radius 3 is 2.53 bits per heavy atom. The highest BCUT2D eigenvalue weighted by Crippen LogP contribution is 2.37. The summed E-state index contributed by atoms with van der Waals surface area (Å²) in [5, 5.41) is 1.06. The van der Waals surface area contributed by atoms with Crippen LogP contribution in [0.15, 0.2) is 16.5 Å². The molecule has 2 aromatic rings. The Balaban J connectivity index is 2.43. The highest BCUT2D eigenvalue weighted by Gasteiger charge is 2.16. The molecule has 3 nitrogen and oxygen atoms in total. The number of fused-ring (bicyclic) bond motifs is 1. The second kappa shape index (κ2) is 6.00. The van der Waals surface area contributed by atoms with Crippen molar-refractivity contribution in [2.24, 2.45) is 0 Å². The van der Waals surface area contributed by atoms with Gasteiger partial charge >= 0.3 is 0 Å². The van der Waals surface area contributed by atoms with Gasteiger partial charge in [-0.15, -0.1) is 0 Å². The van der Waals surface area contributed by atoms with E-state index in [9.17, 15) is 0 Å². The van der Waals surface area contributed by atoms with Gasteiger partial charge in [-0.1, -0.05) is 19.8 Å². The van der Waals surface area contributed by atoms with Crippen molar-refractivity contribution in [2.45, 2.75) is 39.5 Å². The summed E-state index contributed by atoms with van der Waals surface area (Å²) in [5.41, 5.74) is 2.03. The second-order valence-electron chi connectivity index (χ2n) is 4.81. The van der Waals surface area contributed by atoms with E-state index in [2.05, 4.69) is 13.8 Å². The number of benzene rings is 1. The smallest absolute Gasteiger partial charge is 0.141 e. The lowest BCUT2D eigenvalue weighted by Crippen LogP contribution is -1.89. The fourth-order valence-corrected chi connectivity index (χ4v) is 2.42. The summed E-state index contributed by atoms with van der Waals surface area (Å²) in [7, 11) is 3.33. The third-order valence-corrected chi connectivity index (χ3v) is 3.53. The van der Waals surface area contributed by atoms with Crippen molar-refractivity contribution in [3.8, 4) is 11.5 Å². The fourth-order valence-electron chi connectivity index (χ4n) is 2.42. The van der Waals surface area contributed by atoms with E-state index < -0.39 is 0 Å². The van der Waals surface area contributed by atoms with Crippen molar-refractivity contribution in [3.63, 3.8) is 0 Å². The molecule has 0 unspecified atom stereocenters. The van der Waals surface area contributed by atoms with Gasteiger partial charge < -0.3 is 13.9 Å². The van der Waals surface area contributed by atoms with E-state index in [4.69, 9.17) is 13.9 Å². The topological polar surface area (TPSA) is 31.6 Å². The monoisotopic (exact) mass is 262 g/mol. The zero-order chi connectivity index (χ0) is 13.8. The number of rotatable bonds is 6. The van der Waals surface area contributed by atoms with Crippen LogP contribution in [0, 0.1) is 6.92 Å². The lowest BCUT2D eigenvalue weighted by Gasteiger charge is -2.05. The number of ether oxygens (including phenoxy) is 2. The minimum atomic E-state index is 0.762. The summed E-state index contributed by atoms with van der Waals surface area (Å²) in [6.45, 7) is 4.31. The maximum atomic E-state index is 5.97. The summed E-state index contributed by atoms with van der Waals surface area (Å²) < 4.78 is 16.7. The molecule has 3 heteroatoms. The van der Waals surface area contributed by atoms with Gasteiger partial charge in [0.15, 0.2) is 0 Å². The molecule has 0 amide bonds. The predicted octanol–water partition coefficient (Wildman–Crippen LogP) is 4.49. The molecule has 0 bridgehead atoms. The quantitative estimate of drug-likeness (QED) is 0.719. The van der Waals surface area contributed by atoms with Gasteiger partial charge in [-0.3, -0.25) is 0 Å². The van der Waals surface area contributed by atoms with E-state index in [1.807, 2.05) is 12.1 Å². The Morgan fingerprint density at radius 2 is 1.89 bits per heavy atom. The molecule has 0 saturated carbocycles. The summed E-state index contributed by atoms with van der Waals surface area (Å²) in [6.07, 6.45) is 4.60. The molecule has 104 valence electrons. The number of unbranched alkanes of at least 4 members (excludes halogenated alkanes) is 2. The van der Waals surface area contributed by atoms with E-state index in [0.29, 0.717) is 0 Å². The van der Waals surface area contributed by atoms with Crippen LogP contribution in [0.4, 0.5) is 0 Å². The second-order valence-corrected chi connectivity index (χ2v) is 4.81. The first-order valence-corrected chi connectivity index (χ1v) is 6.85. The Kier molecular flexibility index (Phi) is 4.35. The van der Waals surface area contributed by atoms with Crippen molar-refractivity contribution >= 4 is 11.0 Å². The molecule has 0 aliphatic rings. The van der Waals surface area contributed by atoms with Crippen LogP contribution in [0.5, 0.6) is 11.5 Å². The van der Waals surface area contributed by atoms with Gasteiger partial charge in [0.25, 0.3) is 0 Å². The first-order chi connectivity index (χ1) is 9.21. The highest BCUT2D eigenvalue weighted by atomic mass is 16.5. The number of hydrogen-bond acceptors (Lipinski definition) is 3. The molecule has 0 radical (unpaired) electrons. The molecule has 0 fully saturated rings. The number of aryl methyl sites for hydroxylation is 2. The molecular formula is C16H22O3. The highest BCUT2D eigenvalue weighted by molar-refractivity contribution is 5.89. The van der Waals surface area contributed by atoms with Crippen molar-refractivity contribution < 1.29 is 13.9 Å². The van der Waals surface area contributed by atoms with Crippen molar-refractivity contribution in [1.29, 1.82) is 0 Å². The van der Waals surface area contributed by atoms with Crippen LogP contribution in [-0.4, -0.2) is 14.2 Å². The average Bonchev–Trinajstić information content (AvgIpc) is 2.75. The lowest BCUT2D eigenvalue weighted by molar-refractivity contribution is 0.397. The summed E-state index contributed by atoms with van der Waals surface area (Å²) in [4.78, 5) is 0. The molecule has 0 N–H and O–H groups in total. The predicted molar refractivity (Wildman–Crippen MR) is 77.3 cm³/mol. The summed E-state index contributed by atoms with van der Waals surface area (Å²) >= 11 is 0. The molecule has 1 aromatic heterocycles. The van der Waals surface area contributed by atoms with E-state index in [1.54, 1.807) is 14.2 Å². The molecule has 0 aliphatic heterocycles. The molecule has 0 spiro atoms. The molecule has 0 saturated heterocycles. The van der Waals surface area contributed by atoms with E-state index in [-0.39, 0.29) is 0 Å². The van der Waals surface area contributed by atoms with E-state index in [1.165, 1.54) is 18.4 Å². The minimum absolute atomic E-state index is 0.762. The number of hydrogen-bond donors (Lipinski definition) is 0. The Labute approximate surface area is 114 Å². The van der Waals surface area contributed by atoms with E-state index in [0.717, 1.165) is 41.1 Å².